The monoisotopic (exact) mass is 172 g/mol. The molecule has 0 spiro atoms. The lowest BCUT2D eigenvalue weighted by Gasteiger charge is -2.25. The van der Waals surface area contributed by atoms with Crippen molar-refractivity contribution < 1.29 is 19.0 Å². The van der Waals surface area contributed by atoms with E-state index in [0.29, 0.717) is 5.76 Å². The second-order valence-electron chi connectivity index (χ2n) is 2.60. The standard InChI is InChI=1S/C8H12O4/c1-5-8(12-6(2)9)4-10-7(3)11-5/h4-5,7H,1-3H3. The Balaban J connectivity index is 2.58. The fourth-order valence-electron chi connectivity index (χ4n) is 0.918. The summed E-state index contributed by atoms with van der Waals surface area (Å²) >= 11 is 0. The van der Waals surface area contributed by atoms with Gasteiger partial charge in [0.2, 0.25) is 0 Å². The summed E-state index contributed by atoms with van der Waals surface area (Å²) < 4.78 is 15.1. The highest BCUT2D eigenvalue weighted by molar-refractivity contribution is 5.67. The van der Waals surface area contributed by atoms with Crippen molar-refractivity contribution in [3.63, 3.8) is 0 Å². The number of carbonyl (C=O) groups is 1. The molecule has 2 unspecified atom stereocenters. The Morgan fingerprint density at radius 1 is 1.58 bits per heavy atom. The third-order valence-electron chi connectivity index (χ3n) is 1.43. The third kappa shape index (κ3) is 2.23. The molecule has 1 aliphatic rings. The zero-order chi connectivity index (χ0) is 9.14. The van der Waals surface area contributed by atoms with Crippen LogP contribution in [-0.2, 0) is 19.0 Å². The number of esters is 1. The molecule has 0 radical (unpaired) electrons. The zero-order valence-corrected chi connectivity index (χ0v) is 7.37. The third-order valence-corrected chi connectivity index (χ3v) is 1.43. The van der Waals surface area contributed by atoms with Gasteiger partial charge in [-0.2, -0.15) is 0 Å². The van der Waals surface area contributed by atoms with E-state index in [-0.39, 0.29) is 18.4 Å². The Morgan fingerprint density at radius 2 is 2.25 bits per heavy atom. The molecule has 0 amide bonds. The lowest BCUT2D eigenvalue weighted by atomic mass is 10.3. The van der Waals surface area contributed by atoms with Crippen LogP contribution >= 0.6 is 0 Å². The molecule has 2 atom stereocenters. The molecular formula is C8H12O4. The molecule has 0 fully saturated rings. The second kappa shape index (κ2) is 3.58. The lowest BCUT2D eigenvalue weighted by Crippen LogP contribution is -2.27. The van der Waals surface area contributed by atoms with Crippen LogP contribution in [0.1, 0.15) is 20.8 Å². The number of rotatable bonds is 1. The molecule has 0 aliphatic carbocycles. The van der Waals surface area contributed by atoms with Gasteiger partial charge >= 0.3 is 5.97 Å². The first-order chi connectivity index (χ1) is 5.59. The van der Waals surface area contributed by atoms with Crippen LogP contribution < -0.4 is 0 Å². The van der Waals surface area contributed by atoms with Crippen LogP contribution in [0.4, 0.5) is 0 Å². The Bertz CT molecular complexity index is 209. The number of hydrogen-bond acceptors (Lipinski definition) is 4. The maximum atomic E-state index is 10.6. The molecule has 1 heterocycles. The van der Waals surface area contributed by atoms with E-state index in [4.69, 9.17) is 14.2 Å². The molecule has 4 nitrogen and oxygen atoms in total. The van der Waals surface area contributed by atoms with Crippen LogP contribution in [-0.4, -0.2) is 18.4 Å². The molecule has 0 aromatic carbocycles. The van der Waals surface area contributed by atoms with Crippen molar-refractivity contribution in [2.75, 3.05) is 0 Å². The van der Waals surface area contributed by atoms with Crippen LogP contribution in [0.2, 0.25) is 0 Å². The molecule has 1 rings (SSSR count). The van der Waals surface area contributed by atoms with E-state index in [1.54, 1.807) is 13.8 Å². The van der Waals surface area contributed by atoms with Crippen molar-refractivity contribution in [2.24, 2.45) is 0 Å². The summed E-state index contributed by atoms with van der Waals surface area (Å²) in [5.74, 6) is 0.0513. The Kier molecular flexibility index (Phi) is 2.70. The molecule has 0 bridgehead atoms. The quantitative estimate of drug-likeness (QED) is 0.557. The summed E-state index contributed by atoms with van der Waals surface area (Å²) in [7, 11) is 0. The Labute approximate surface area is 71.1 Å². The summed E-state index contributed by atoms with van der Waals surface area (Å²) in [6.45, 7) is 4.91. The van der Waals surface area contributed by atoms with Gasteiger partial charge in [0.15, 0.2) is 12.0 Å². The first-order valence-electron chi connectivity index (χ1n) is 3.79. The first-order valence-corrected chi connectivity index (χ1v) is 3.79. The summed E-state index contributed by atoms with van der Waals surface area (Å²) in [5, 5.41) is 0. The van der Waals surface area contributed by atoms with E-state index in [1.807, 2.05) is 0 Å². The van der Waals surface area contributed by atoms with Crippen LogP contribution in [0.25, 0.3) is 0 Å². The van der Waals surface area contributed by atoms with E-state index in [2.05, 4.69) is 0 Å². The minimum absolute atomic E-state index is 0.224. The molecule has 0 aromatic rings. The van der Waals surface area contributed by atoms with Crippen molar-refractivity contribution in [1.29, 1.82) is 0 Å². The van der Waals surface area contributed by atoms with E-state index < -0.39 is 0 Å². The maximum Gasteiger partial charge on any atom is 0.307 e. The number of ether oxygens (including phenoxy) is 3. The molecule has 0 aromatic heterocycles. The lowest BCUT2D eigenvalue weighted by molar-refractivity contribution is -0.161. The van der Waals surface area contributed by atoms with Crippen LogP contribution in [0, 0.1) is 0 Å². The fraction of sp³-hybridized carbons (Fsp3) is 0.625. The predicted octanol–water partition coefficient (Wildman–Crippen LogP) is 1.17. The van der Waals surface area contributed by atoms with Crippen molar-refractivity contribution >= 4 is 5.97 Å². The average molecular weight is 172 g/mol. The van der Waals surface area contributed by atoms with Gasteiger partial charge in [0.05, 0.1) is 0 Å². The van der Waals surface area contributed by atoms with Gasteiger partial charge in [-0.25, -0.2) is 0 Å². The van der Waals surface area contributed by atoms with Crippen molar-refractivity contribution in [1.82, 2.24) is 0 Å². The Morgan fingerprint density at radius 3 is 2.75 bits per heavy atom. The Hall–Kier alpha value is -1.03. The van der Waals surface area contributed by atoms with Gasteiger partial charge in [-0.1, -0.05) is 0 Å². The van der Waals surface area contributed by atoms with Gasteiger partial charge in [-0.05, 0) is 13.8 Å². The SMILES string of the molecule is CC(=O)OC1=COC(C)OC1C. The predicted molar refractivity (Wildman–Crippen MR) is 40.9 cm³/mol. The van der Waals surface area contributed by atoms with Gasteiger partial charge in [-0.3, -0.25) is 4.79 Å². The normalized spacial score (nSPS) is 28.8. The smallest absolute Gasteiger partial charge is 0.307 e. The summed E-state index contributed by atoms with van der Waals surface area (Å²) in [6.07, 6.45) is 0.914. The summed E-state index contributed by atoms with van der Waals surface area (Å²) in [4.78, 5) is 10.6. The minimum Gasteiger partial charge on any atom is -0.469 e. The van der Waals surface area contributed by atoms with E-state index in [9.17, 15) is 4.79 Å². The van der Waals surface area contributed by atoms with E-state index in [1.165, 1.54) is 13.2 Å². The molecular weight excluding hydrogens is 160 g/mol. The van der Waals surface area contributed by atoms with Crippen LogP contribution in [0.5, 0.6) is 0 Å². The van der Waals surface area contributed by atoms with Gasteiger partial charge in [-0.15, -0.1) is 0 Å². The largest absolute Gasteiger partial charge is 0.469 e. The van der Waals surface area contributed by atoms with Gasteiger partial charge in [0.1, 0.15) is 12.4 Å². The molecule has 68 valence electrons. The number of hydrogen-bond donors (Lipinski definition) is 0. The summed E-state index contributed by atoms with van der Waals surface area (Å²) in [5.41, 5.74) is 0. The fourth-order valence-corrected chi connectivity index (χ4v) is 0.918. The van der Waals surface area contributed by atoms with Crippen LogP contribution in [0.3, 0.4) is 0 Å². The molecule has 1 aliphatic heterocycles. The highest BCUT2D eigenvalue weighted by Crippen LogP contribution is 2.17. The first kappa shape index (κ1) is 9.06. The van der Waals surface area contributed by atoms with Crippen LogP contribution in [0.15, 0.2) is 12.0 Å². The molecule has 0 N–H and O–H groups in total. The molecule has 4 heteroatoms. The zero-order valence-electron chi connectivity index (χ0n) is 7.37. The van der Waals surface area contributed by atoms with E-state index >= 15 is 0 Å². The van der Waals surface area contributed by atoms with Crippen molar-refractivity contribution in [3.05, 3.63) is 12.0 Å². The number of carbonyl (C=O) groups excluding carboxylic acids is 1. The molecule has 12 heavy (non-hydrogen) atoms. The topological polar surface area (TPSA) is 44.8 Å². The van der Waals surface area contributed by atoms with Crippen molar-refractivity contribution in [2.45, 2.75) is 33.2 Å². The maximum absolute atomic E-state index is 10.6. The van der Waals surface area contributed by atoms with Gasteiger partial charge < -0.3 is 14.2 Å². The average Bonchev–Trinajstić information content (AvgIpc) is 1.94. The highest BCUT2D eigenvalue weighted by atomic mass is 16.7. The molecule has 0 saturated heterocycles. The van der Waals surface area contributed by atoms with Gasteiger partial charge in [0.25, 0.3) is 0 Å². The van der Waals surface area contributed by atoms with Crippen molar-refractivity contribution in [3.8, 4) is 0 Å². The van der Waals surface area contributed by atoms with E-state index in [0.717, 1.165) is 0 Å². The highest BCUT2D eigenvalue weighted by Gasteiger charge is 2.21. The second-order valence-corrected chi connectivity index (χ2v) is 2.60. The minimum atomic E-state index is -0.366. The van der Waals surface area contributed by atoms with Gasteiger partial charge in [0, 0.05) is 6.92 Å². The summed E-state index contributed by atoms with van der Waals surface area (Å²) in [6, 6.07) is 0. The molecule has 0 saturated carbocycles.